The van der Waals surface area contributed by atoms with Crippen LogP contribution in [0.2, 0.25) is 0 Å². The smallest absolute Gasteiger partial charge is 0.214 e. The Bertz CT molecular complexity index is 302. The summed E-state index contributed by atoms with van der Waals surface area (Å²) in [6.07, 6.45) is 2.67. The van der Waals surface area contributed by atoms with Gasteiger partial charge in [-0.25, -0.2) is 12.7 Å². The zero-order chi connectivity index (χ0) is 14.2. The Morgan fingerprint density at radius 1 is 1.17 bits per heavy atom. The van der Waals surface area contributed by atoms with Crippen molar-refractivity contribution in [1.82, 2.24) is 9.62 Å². The summed E-state index contributed by atoms with van der Waals surface area (Å²) in [5, 5.41) is 3.23. The van der Waals surface area contributed by atoms with Crippen LogP contribution in [0.3, 0.4) is 0 Å². The van der Waals surface area contributed by atoms with E-state index < -0.39 is 10.0 Å². The first kappa shape index (κ1) is 17.9. The van der Waals surface area contributed by atoms with Gasteiger partial charge in [0.1, 0.15) is 0 Å². The van der Waals surface area contributed by atoms with E-state index in [2.05, 4.69) is 26.1 Å². The highest BCUT2D eigenvalue weighted by atomic mass is 32.2. The number of rotatable bonds is 10. The molecule has 0 saturated carbocycles. The fourth-order valence-corrected chi connectivity index (χ4v) is 3.36. The van der Waals surface area contributed by atoms with Crippen molar-refractivity contribution in [3.8, 4) is 0 Å². The molecular formula is C13H30N2O2S. The molecule has 0 radical (unpaired) electrons. The zero-order valence-corrected chi connectivity index (χ0v) is 13.4. The standard InChI is InChI=1S/C13H30N2O2S/c1-6-8-14-9-7-10-18(16,17)15(5)13(4)11-12(2)3/h12-14H,6-11H2,1-5H3. The molecule has 4 nitrogen and oxygen atoms in total. The topological polar surface area (TPSA) is 49.4 Å². The summed E-state index contributed by atoms with van der Waals surface area (Å²) in [5.41, 5.74) is 0. The molecule has 0 rings (SSSR count). The second-order valence-corrected chi connectivity index (χ2v) is 7.56. The maximum atomic E-state index is 12.1. The molecule has 110 valence electrons. The van der Waals surface area contributed by atoms with Gasteiger partial charge in [0, 0.05) is 13.1 Å². The van der Waals surface area contributed by atoms with Crippen molar-refractivity contribution in [3.63, 3.8) is 0 Å². The lowest BCUT2D eigenvalue weighted by Crippen LogP contribution is -2.38. The maximum absolute atomic E-state index is 12.1. The van der Waals surface area contributed by atoms with Gasteiger partial charge in [0.15, 0.2) is 0 Å². The lowest BCUT2D eigenvalue weighted by atomic mass is 10.1. The van der Waals surface area contributed by atoms with E-state index >= 15 is 0 Å². The first-order chi connectivity index (χ1) is 8.31. The van der Waals surface area contributed by atoms with Crippen molar-refractivity contribution in [1.29, 1.82) is 0 Å². The van der Waals surface area contributed by atoms with Crippen LogP contribution in [-0.4, -0.2) is 44.7 Å². The first-order valence-corrected chi connectivity index (χ1v) is 8.58. The third-order valence-corrected chi connectivity index (χ3v) is 5.10. The molecular weight excluding hydrogens is 248 g/mol. The normalized spacial score (nSPS) is 14.4. The molecule has 1 N–H and O–H groups in total. The monoisotopic (exact) mass is 278 g/mol. The second kappa shape index (κ2) is 8.88. The van der Waals surface area contributed by atoms with Crippen molar-refractivity contribution in [2.75, 3.05) is 25.9 Å². The summed E-state index contributed by atoms with van der Waals surface area (Å²) in [6.45, 7) is 10.0. The van der Waals surface area contributed by atoms with Gasteiger partial charge >= 0.3 is 0 Å². The highest BCUT2D eigenvalue weighted by Gasteiger charge is 2.23. The molecule has 0 aliphatic carbocycles. The van der Waals surface area contributed by atoms with Crippen LogP contribution in [0.1, 0.15) is 47.0 Å². The van der Waals surface area contributed by atoms with Crippen molar-refractivity contribution in [2.24, 2.45) is 5.92 Å². The molecule has 0 aromatic heterocycles. The Morgan fingerprint density at radius 3 is 2.28 bits per heavy atom. The zero-order valence-electron chi connectivity index (χ0n) is 12.6. The molecule has 0 aromatic rings. The molecule has 0 fully saturated rings. The number of nitrogens with zero attached hydrogens (tertiary/aromatic N) is 1. The second-order valence-electron chi connectivity index (χ2n) is 5.41. The van der Waals surface area contributed by atoms with Crippen LogP contribution in [0.4, 0.5) is 0 Å². The molecule has 1 atom stereocenters. The van der Waals surface area contributed by atoms with Crippen LogP contribution in [0.15, 0.2) is 0 Å². The molecule has 0 bridgehead atoms. The summed E-state index contributed by atoms with van der Waals surface area (Å²) >= 11 is 0. The number of sulfonamides is 1. The van der Waals surface area contributed by atoms with Crippen LogP contribution in [0.5, 0.6) is 0 Å². The predicted molar refractivity (Wildman–Crippen MR) is 78.2 cm³/mol. The highest BCUT2D eigenvalue weighted by Crippen LogP contribution is 2.13. The largest absolute Gasteiger partial charge is 0.317 e. The quantitative estimate of drug-likeness (QED) is 0.622. The third kappa shape index (κ3) is 7.34. The van der Waals surface area contributed by atoms with E-state index in [0.717, 1.165) is 25.9 Å². The Balaban J connectivity index is 4.11. The van der Waals surface area contributed by atoms with Crippen LogP contribution in [0, 0.1) is 5.92 Å². The maximum Gasteiger partial charge on any atom is 0.214 e. The molecule has 0 amide bonds. The van der Waals surface area contributed by atoms with E-state index in [1.54, 1.807) is 7.05 Å². The van der Waals surface area contributed by atoms with Crippen molar-refractivity contribution >= 4 is 10.0 Å². The van der Waals surface area contributed by atoms with Gasteiger partial charge in [-0.15, -0.1) is 0 Å². The van der Waals surface area contributed by atoms with E-state index in [9.17, 15) is 8.42 Å². The van der Waals surface area contributed by atoms with Crippen LogP contribution >= 0.6 is 0 Å². The average Bonchev–Trinajstić information content (AvgIpc) is 2.26. The lowest BCUT2D eigenvalue weighted by Gasteiger charge is -2.25. The number of hydrogen-bond acceptors (Lipinski definition) is 3. The fraction of sp³-hybridized carbons (Fsp3) is 1.00. The van der Waals surface area contributed by atoms with Gasteiger partial charge in [-0.3, -0.25) is 0 Å². The van der Waals surface area contributed by atoms with Crippen molar-refractivity contribution in [3.05, 3.63) is 0 Å². The Kier molecular flexibility index (Phi) is 8.82. The summed E-state index contributed by atoms with van der Waals surface area (Å²) in [5.74, 6) is 0.756. The fourth-order valence-electron chi connectivity index (χ4n) is 1.93. The van der Waals surface area contributed by atoms with Crippen molar-refractivity contribution in [2.45, 2.75) is 53.0 Å². The average molecular weight is 278 g/mol. The minimum atomic E-state index is -3.10. The van der Waals surface area contributed by atoms with Gasteiger partial charge in [-0.05, 0) is 45.2 Å². The van der Waals surface area contributed by atoms with E-state index in [0.29, 0.717) is 12.3 Å². The Hall–Kier alpha value is -0.130. The number of hydrogen-bond donors (Lipinski definition) is 1. The molecule has 0 aliphatic heterocycles. The van der Waals surface area contributed by atoms with E-state index in [4.69, 9.17) is 0 Å². The molecule has 5 heteroatoms. The molecule has 0 saturated heterocycles. The lowest BCUT2D eigenvalue weighted by molar-refractivity contribution is 0.337. The SMILES string of the molecule is CCCNCCCS(=O)(=O)N(C)C(C)CC(C)C. The molecule has 0 aromatic carbocycles. The van der Waals surface area contributed by atoms with Crippen LogP contribution in [0.25, 0.3) is 0 Å². The molecule has 0 heterocycles. The van der Waals surface area contributed by atoms with Crippen LogP contribution in [-0.2, 0) is 10.0 Å². The summed E-state index contributed by atoms with van der Waals surface area (Å²) < 4.78 is 25.7. The van der Waals surface area contributed by atoms with Gasteiger partial charge in [0.25, 0.3) is 0 Å². The van der Waals surface area contributed by atoms with Gasteiger partial charge in [-0.2, -0.15) is 0 Å². The summed E-state index contributed by atoms with van der Waals surface area (Å²) in [6, 6.07) is 0.0820. The van der Waals surface area contributed by atoms with Gasteiger partial charge < -0.3 is 5.32 Å². The van der Waals surface area contributed by atoms with Gasteiger partial charge in [-0.1, -0.05) is 20.8 Å². The minimum absolute atomic E-state index is 0.0820. The summed E-state index contributed by atoms with van der Waals surface area (Å²) in [4.78, 5) is 0. The Morgan fingerprint density at radius 2 is 1.78 bits per heavy atom. The predicted octanol–water partition coefficient (Wildman–Crippen LogP) is 2.07. The number of nitrogens with one attached hydrogen (secondary N) is 1. The summed E-state index contributed by atoms with van der Waals surface area (Å²) in [7, 11) is -1.40. The van der Waals surface area contributed by atoms with Crippen LogP contribution < -0.4 is 5.32 Å². The molecule has 18 heavy (non-hydrogen) atoms. The van der Waals surface area contributed by atoms with Crippen molar-refractivity contribution < 1.29 is 8.42 Å². The highest BCUT2D eigenvalue weighted by molar-refractivity contribution is 7.89. The molecule has 0 spiro atoms. The Labute approximate surface area is 113 Å². The molecule has 1 unspecified atom stereocenters. The van der Waals surface area contributed by atoms with E-state index in [-0.39, 0.29) is 11.8 Å². The van der Waals surface area contributed by atoms with E-state index in [1.165, 1.54) is 4.31 Å². The first-order valence-electron chi connectivity index (χ1n) is 6.97. The van der Waals surface area contributed by atoms with Gasteiger partial charge in [0.2, 0.25) is 10.0 Å². The minimum Gasteiger partial charge on any atom is -0.317 e. The third-order valence-electron chi connectivity index (χ3n) is 3.05. The van der Waals surface area contributed by atoms with E-state index in [1.807, 2.05) is 6.92 Å². The molecule has 0 aliphatic rings. The van der Waals surface area contributed by atoms with Gasteiger partial charge in [0.05, 0.1) is 5.75 Å².